The summed E-state index contributed by atoms with van der Waals surface area (Å²) in [6.45, 7) is 7.23. The van der Waals surface area contributed by atoms with E-state index in [9.17, 15) is 4.39 Å². The third kappa shape index (κ3) is 2.16. The van der Waals surface area contributed by atoms with Crippen molar-refractivity contribution in [3.8, 4) is 0 Å². The van der Waals surface area contributed by atoms with E-state index in [0.29, 0.717) is 5.56 Å². The van der Waals surface area contributed by atoms with Gasteiger partial charge in [-0.05, 0) is 45.7 Å². The van der Waals surface area contributed by atoms with Crippen LogP contribution in [0.2, 0.25) is 0 Å². The molecule has 0 spiro atoms. The molecular weight excluding hydrogens is 215 g/mol. The molecule has 3 heteroatoms. The molecule has 0 amide bonds. The zero-order chi connectivity index (χ0) is 12.6. The lowest BCUT2D eigenvalue weighted by atomic mass is 9.98. The predicted molar refractivity (Wildman–Crippen MR) is 69.7 cm³/mol. The van der Waals surface area contributed by atoms with Crippen molar-refractivity contribution in [3.05, 3.63) is 29.6 Å². The Hall–Kier alpha value is -1.09. The molecule has 0 saturated carbocycles. The van der Waals surface area contributed by atoms with E-state index < -0.39 is 0 Å². The molecule has 1 aromatic rings. The number of hydrogen-bond acceptors (Lipinski definition) is 2. The lowest BCUT2D eigenvalue weighted by Gasteiger charge is -2.35. The van der Waals surface area contributed by atoms with Gasteiger partial charge in [0, 0.05) is 29.4 Å². The third-order valence-corrected chi connectivity index (χ3v) is 3.68. The van der Waals surface area contributed by atoms with E-state index in [0.717, 1.165) is 25.1 Å². The maximum absolute atomic E-state index is 13.9. The minimum absolute atomic E-state index is 0.0947. The summed E-state index contributed by atoms with van der Waals surface area (Å²) in [4.78, 5) is 2.29. The Morgan fingerprint density at radius 3 is 2.65 bits per heavy atom. The number of anilines is 1. The molecule has 94 valence electrons. The minimum atomic E-state index is -0.275. The zero-order valence-corrected chi connectivity index (χ0v) is 10.8. The van der Waals surface area contributed by atoms with E-state index in [-0.39, 0.29) is 17.4 Å². The van der Waals surface area contributed by atoms with Crippen molar-refractivity contribution in [1.29, 1.82) is 0 Å². The standard InChI is InChI=1S/C14H21FN2/c1-10(16)13-11(15)6-4-7-12(13)17-9-5-8-14(17,2)3/h4,6-7,10H,5,8-9,16H2,1-3H3/t10-/m0/s1. The second-order valence-corrected chi connectivity index (χ2v) is 5.53. The van der Waals surface area contributed by atoms with Crippen LogP contribution in [-0.4, -0.2) is 12.1 Å². The molecule has 2 N–H and O–H groups in total. The highest BCUT2D eigenvalue weighted by molar-refractivity contribution is 5.58. The molecule has 17 heavy (non-hydrogen) atoms. The highest BCUT2D eigenvalue weighted by Crippen LogP contribution is 2.37. The minimum Gasteiger partial charge on any atom is -0.366 e. The van der Waals surface area contributed by atoms with Gasteiger partial charge < -0.3 is 10.6 Å². The molecular formula is C14H21FN2. The predicted octanol–water partition coefficient (Wildman–Crippen LogP) is 3.22. The van der Waals surface area contributed by atoms with Crippen molar-refractivity contribution < 1.29 is 4.39 Å². The van der Waals surface area contributed by atoms with Gasteiger partial charge in [-0.2, -0.15) is 0 Å². The summed E-state index contributed by atoms with van der Waals surface area (Å²) in [6, 6.07) is 4.97. The Labute approximate surface area is 103 Å². The van der Waals surface area contributed by atoms with Crippen LogP contribution in [0.3, 0.4) is 0 Å². The number of halogens is 1. The van der Waals surface area contributed by atoms with Crippen molar-refractivity contribution in [1.82, 2.24) is 0 Å². The fourth-order valence-electron chi connectivity index (χ4n) is 2.77. The van der Waals surface area contributed by atoms with Crippen LogP contribution < -0.4 is 10.6 Å². The van der Waals surface area contributed by atoms with Crippen LogP contribution in [-0.2, 0) is 0 Å². The van der Waals surface area contributed by atoms with Gasteiger partial charge in [-0.3, -0.25) is 0 Å². The first-order valence-corrected chi connectivity index (χ1v) is 6.25. The normalized spacial score (nSPS) is 20.6. The summed E-state index contributed by atoms with van der Waals surface area (Å²) in [5.74, 6) is -0.194. The van der Waals surface area contributed by atoms with Crippen LogP contribution in [0, 0.1) is 5.82 Å². The molecule has 1 saturated heterocycles. The van der Waals surface area contributed by atoms with Crippen molar-refractivity contribution >= 4 is 5.69 Å². The van der Waals surface area contributed by atoms with Gasteiger partial charge in [-0.25, -0.2) is 4.39 Å². The van der Waals surface area contributed by atoms with E-state index in [4.69, 9.17) is 5.73 Å². The van der Waals surface area contributed by atoms with E-state index in [2.05, 4.69) is 18.7 Å². The summed E-state index contributed by atoms with van der Waals surface area (Å²) in [5, 5.41) is 0. The Morgan fingerprint density at radius 1 is 1.41 bits per heavy atom. The fourth-order valence-corrected chi connectivity index (χ4v) is 2.77. The summed E-state index contributed by atoms with van der Waals surface area (Å²) in [6.07, 6.45) is 2.30. The molecule has 1 aliphatic rings. The summed E-state index contributed by atoms with van der Waals surface area (Å²) >= 11 is 0. The first-order valence-electron chi connectivity index (χ1n) is 6.25. The van der Waals surface area contributed by atoms with Gasteiger partial charge in [0.25, 0.3) is 0 Å². The van der Waals surface area contributed by atoms with Gasteiger partial charge in [-0.1, -0.05) is 6.07 Å². The van der Waals surface area contributed by atoms with E-state index in [1.807, 2.05) is 13.0 Å². The average Bonchev–Trinajstić information content (AvgIpc) is 2.57. The van der Waals surface area contributed by atoms with E-state index >= 15 is 0 Å². The van der Waals surface area contributed by atoms with Gasteiger partial charge in [0.15, 0.2) is 0 Å². The number of nitrogens with two attached hydrogens (primary N) is 1. The van der Waals surface area contributed by atoms with Crippen LogP contribution >= 0.6 is 0 Å². The van der Waals surface area contributed by atoms with Gasteiger partial charge in [0.05, 0.1) is 0 Å². The topological polar surface area (TPSA) is 29.3 Å². The molecule has 0 radical (unpaired) electrons. The molecule has 1 fully saturated rings. The number of nitrogens with zero attached hydrogens (tertiary/aromatic N) is 1. The lowest BCUT2D eigenvalue weighted by Crippen LogP contribution is -2.39. The largest absolute Gasteiger partial charge is 0.366 e. The summed E-state index contributed by atoms with van der Waals surface area (Å²) in [7, 11) is 0. The average molecular weight is 236 g/mol. The van der Waals surface area contributed by atoms with Gasteiger partial charge in [-0.15, -0.1) is 0 Å². The Kier molecular flexibility index (Phi) is 3.13. The molecule has 2 nitrogen and oxygen atoms in total. The zero-order valence-electron chi connectivity index (χ0n) is 10.8. The molecule has 0 aliphatic carbocycles. The molecule has 0 aromatic heterocycles. The van der Waals surface area contributed by atoms with Crippen LogP contribution in [0.15, 0.2) is 18.2 Å². The van der Waals surface area contributed by atoms with Gasteiger partial charge in [0.1, 0.15) is 5.82 Å². The molecule has 1 atom stereocenters. The van der Waals surface area contributed by atoms with Crippen LogP contribution in [0.5, 0.6) is 0 Å². The quantitative estimate of drug-likeness (QED) is 0.854. The molecule has 1 aliphatic heterocycles. The Morgan fingerprint density at radius 2 is 2.12 bits per heavy atom. The Bertz CT molecular complexity index is 413. The Balaban J connectivity index is 2.48. The van der Waals surface area contributed by atoms with Crippen molar-refractivity contribution in [3.63, 3.8) is 0 Å². The second kappa shape index (κ2) is 4.30. The monoisotopic (exact) mass is 236 g/mol. The summed E-state index contributed by atoms with van der Waals surface area (Å²) < 4.78 is 13.9. The molecule has 1 aromatic carbocycles. The van der Waals surface area contributed by atoms with Crippen LogP contribution in [0.4, 0.5) is 10.1 Å². The van der Waals surface area contributed by atoms with Gasteiger partial charge >= 0.3 is 0 Å². The van der Waals surface area contributed by atoms with E-state index in [1.165, 1.54) is 6.07 Å². The number of rotatable bonds is 2. The smallest absolute Gasteiger partial charge is 0.130 e. The SMILES string of the molecule is C[C@H](N)c1c(F)cccc1N1CCCC1(C)C. The summed E-state index contributed by atoms with van der Waals surface area (Å²) in [5.41, 5.74) is 7.60. The fraction of sp³-hybridized carbons (Fsp3) is 0.571. The van der Waals surface area contributed by atoms with Crippen molar-refractivity contribution in [2.24, 2.45) is 5.73 Å². The maximum atomic E-state index is 13.9. The number of hydrogen-bond donors (Lipinski definition) is 1. The second-order valence-electron chi connectivity index (χ2n) is 5.53. The van der Waals surface area contributed by atoms with Gasteiger partial charge in [0.2, 0.25) is 0 Å². The molecule has 0 unspecified atom stereocenters. The lowest BCUT2D eigenvalue weighted by molar-refractivity contribution is 0.512. The van der Waals surface area contributed by atoms with Crippen LogP contribution in [0.25, 0.3) is 0 Å². The highest BCUT2D eigenvalue weighted by Gasteiger charge is 2.34. The first-order chi connectivity index (χ1) is 7.93. The molecule has 1 heterocycles. The molecule has 0 bridgehead atoms. The number of benzene rings is 1. The maximum Gasteiger partial charge on any atom is 0.130 e. The van der Waals surface area contributed by atoms with Crippen molar-refractivity contribution in [2.45, 2.75) is 45.2 Å². The highest BCUT2D eigenvalue weighted by atomic mass is 19.1. The van der Waals surface area contributed by atoms with E-state index in [1.54, 1.807) is 6.07 Å². The first kappa shape index (κ1) is 12.4. The van der Waals surface area contributed by atoms with Crippen molar-refractivity contribution in [2.75, 3.05) is 11.4 Å². The van der Waals surface area contributed by atoms with Crippen LogP contribution in [0.1, 0.15) is 45.2 Å². The third-order valence-electron chi connectivity index (χ3n) is 3.68. The molecule has 2 rings (SSSR count).